The Morgan fingerprint density at radius 2 is 1.61 bits per heavy atom. The lowest BCUT2D eigenvalue weighted by Gasteiger charge is -2.24. The van der Waals surface area contributed by atoms with Gasteiger partial charge in [-0.25, -0.2) is 19.0 Å². The second kappa shape index (κ2) is 24.3. The lowest BCUT2D eigenvalue weighted by molar-refractivity contribution is -0.0623. The zero-order valence-electron chi connectivity index (χ0n) is 32.8. The number of nitrogens with two attached hydrogens (primary N) is 1. The van der Waals surface area contributed by atoms with Gasteiger partial charge in [0, 0.05) is 19.2 Å². The first-order chi connectivity index (χ1) is 27.2. The van der Waals surface area contributed by atoms with Gasteiger partial charge in [-0.15, -0.1) is 0 Å². The van der Waals surface area contributed by atoms with Gasteiger partial charge in [0.2, 0.25) is 0 Å². The molecule has 1 saturated heterocycles. The topological polar surface area (TPSA) is 220 Å². The average molecular weight is 798 g/mol. The third-order valence-corrected chi connectivity index (χ3v) is 10.9. The SMILES string of the molecule is CCCCCCCCCCCCCCCCCCOC[C@H](COP(=O)(O)OC[C@]1(C#N)C[C@@H](O)[C@H](c2ccc3c(N)ncnn23)O1)OCc1ccc(C#N)nc1. The number of anilines is 1. The van der Waals surface area contributed by atoms with Gasteiger partial charge in [0.1, 0.15) is 48.5 Å². The molecule has 3 aromatic heterocycles. The van der Waals surface area contributed by atoms with Crippen LogP contribution in [-0.2, 0) is 34.4 Å². The molecule has 3 aromatic rings. The van der Waals surface area contributed by atoms with Crippen LogP contribution >= 0.6 is 7.82 Å². The Morgan fingerprint density at radius 1 is 0.946 bits per heavy atom. The largest absolute Gasteiger partial charge is 0.472 e. The normalized spacial score (nSPS) is 19.8. The van der Waals surface area contributed by atoms with Crippen molar-refractivity contribution in [2.24, 2.45) is 0 Å². The monoisotopic (exact) mass is 797 g/mol. The number of rotatable bonds is 29. The number of hydrogen-bond donors (Lipinski definition) is 3. The average Bonchev–Trinajstić information content (AvgIpc) is 3.79. The van der Waals surface area contributed by atoms with Crippen LogP contribution < -0.4 is 5.73 Å². The van der Waals surface area contributed by atoms with E-state index in [2.05, 4.69) is 22.0 Å². The molecule has 56 heavy (non-hydrogen) atoms. The molecular formula is C40H60N7O8P. The summed E-state index contributed by atoms with van der Waals surface area (Å²) in [6.45, 7) is 1.96. The van der Waals surface area contributed by atoms with Gasteiger partial charge in [0.05, 0.1) is 31.6 Å². The van der Waals surface area contributed by atoms with E-state index in [0.29, 0.717) is 23.4 Å². The molecule has 0 amide bonds. The van der Waals surface area contributed by atoms with Crippen LogP contribution in [0.2, 0.25) is 0 Å². The highest BCUT2D eigenvalue weighted by Crippen LogP contribution is 2.47. The maximum atomic E-state index is 13.0. The zero-order valence-corrected chi connectivity index (χ0v) is 33.7. The van der Waals surface area contributed by atoms with Gasteiger partial charge in [0.15, 0.2) is 11.4 Å². The van der Waals surface area contributed by atoms with Crippen LogP contribution in [0.4, 0.5) is 5.82 Å². The molecule has 308 valence electrons. The Bertz CT molecular complexity index is 1720. The summed E-state index contributed by atoms with van der Waals surface area (Å²) in [5.74, 6) is 0.230. The van der Waals surface area contributed by atoms with Gasteiger partial charge >= 0.3 is 7.82 Å². The third kappa shape index (κ3) is 15.1. The van der Waals surface area contributed by atoms with E-state index in [1.54, 1.807) is 24.3 Å². The summed E-state index contributed by atoms with van der Waals surface area (Å²) in [6.07, 6.45) is 20.2. The van der Waals surface area contributed by atoms with E-state index in [9.17, 15) is 19.8 Å². The Morgan fingerprint density at radius 3 is 2.21 bits per heavy atom. The van der Waals surface area contributed by atoms with Gasteiger partial charge in [-0.05, 0) is 30.2 Å². The molecule has 0 spiro atoms. The summed E-state index contributed by atoms with van der Waals surface area (Å²) in [7, 11) is -4.72. The molecule has 0 saturated carbocycles. The smallest absolute Gasteiger partial charge is 0.390 e. The number of nitrogens with zero attached hydrogens (tertiary/aromatic N) is 6. The molecular weight excluding hydrogens is 737 g/mol. The van der Waals surface area contributed by atoms with Crippen molar-refractivity contribution in [3.05, 3.63) is 53.7 Å². The maximum absolute atomic E-state index is 13.0. The Balaban J connectivity index is 1.16. The van der Waals surface area contributed by atoms with E-state index in [4.69, 9.17) is 34.3 Å². The molecule has 1 aliphatic rings. The number of hydrogen-bond acceptors (Lipinski definition) is 13. The quantitative estimate of drug-likeness (QED) is 0.0454. The summed E-state index contributed by atoms with van der Waals surface area (Å²) in [6, 6.07) is 10.6. The zero-order chi connectivity index (χ0) is 40.1. The van der Waals surface area contributed by atoms with E-state index >= 15 is 0 Å². The predicted molar refractivity (Wildman–Crippen MR) is 210 cm³/mol. The molecule has 0 aromatic carbocycles. The van der Waals surface area contributed by atoms with E-state index in [0.717, 1.165) is 19.3 Å². The van der Waals surface area contributed by atoms with E-state index in [-0.39, 0.29) is 37.8 Å². The number of phosphoric acid groups is 1. The molecule has 5 atom stereocenters. The highest BCUT2D eigenvalue weighted by atomic mass is 31.2. The first-order valence-corrected chi connectivity index (χ1v) is 21.7. The Kier molecular flexibility index (Phi) is 19.6. The second-order valence-corrected chi connectivity index (χ2v) is 16.1. The van der Waals surface area contributed by atoms with Crippen LogP contribution in [0.5, 0.6) is 0 Å². The summed E-state index contributed by atoms with van der Waals surface area (Å²) in [4.78, 5) is 18.6. The number of pyridine rings is 1. The van der Waals surface area contributed by atoms with Crippen LogP contribution in [0.1, 0.15) is 139 Å². The first kappa shape index (κ1) is 45.2. The Labute approximate surface area is 331 Å². The van der Waals surface area contributed by atoms with Crippen molar-refractivity contribution in [3.8, 4) is 12.1 Å². The van der Waals surface area contributed by atoms with Crippen LogP contribution in [0.15, 0.2) is 36.8 Å². The number of nitrogen functional groups attached to an aromatic ring is 1. The number of aromatic nitrogens is 4. The number of aliphatic hydroxyl groups excluding tert-OH is 1. The van der Waals surface area contributed by atoms with E-state index in [1.807, 2.05) is 12.1 Å². The van der Waals surface area contributed by atoms with Crippen molar-refractivity contribution in [3.63, 3.8) is 0 Å². The minimum Gasteiger partial charge on any atom is -0.390 e. The number of aliphatic hydroxyl groups is 1. The van der Waals surface area contributed by atoms with Crippen molar-refractivity contribution < 1.29 is 37.8 Å². The van der Waals surface area contributed by atoms with Crippen LogP contribution in [0, 0.1) is 22.7 Å². The third-order valence-electron chi connectivity index (χ3n) is 10.0. The molecule has 4 heterocycles. The first-order valence-electron chi connectivity index (χ1n) is 20.2. The minimum absolute atomic E-state index is 0.0981. The summed E-state index contributed by atoms with van der Waals surface area (Å²) in [5.41, 5.74) is 6.08. The highest BCUT2D eigenvalue weighted by molar-refractivity contribution is 7.47. The van der Waals surface area contributed by atoms with Crippen molar-refractivity contribution in [1.82, 2.24) is 19.6 Å². The van der Waals surface area contributed by atoms with E-state index in [1.165, 1.54) is 101 Å². The van der Waals surface area contributed by atoms with Crippen LogP contribution in [-0.4, -0.2) is 73.8 Å². The molecule has 0 radical (unpaired) electrons. The van der Waals surface area contributed by atoms with E-state index < -0.39 is 38.3 Å². The predicted octanol–water partition coefficient (Wildman–Crippen LogP) is 7.66. The maximum Gasteiger partial charge on any atom is 0.472 e. The number of fused-ring (bicyclic) bond motifs is 1. The summed E-state index contributed by atoms with van der Waals surface area (Å²) in [5, 5.41) is 34.1. The fraction of sp³-hybridized carbons (Fsp3) is 0.675. The Hall–Kier alpha value is -3.50. The highest BCUT2D eigenvalue weighted by Gasteiger charge is 2.49. The standard InChI is InChI=1S/C40H60N7O8P/c1-2-3-4-5-6-7-8-9-10-11-12-13-14-15-16-17-22-51-27-34(52-26-32-18-19-33(24-41)44-25-32)28-53-56(49,50)54-30-40(29-42)23-37(48)38(55-40)35-20-21-36-39(43)45-31-46-47(35)36/h18-21,25,31,34,37-38,48H,2-17,22-23,26-28,30H2,1H3,(H,49,50)(H2,43,45,46)/t34-,37-,38+,40-/m1/s1. The van der Waals surface area contributed by atoms with Crippen molar-refractivity contribution in [2.75, 3.05) is 32.2 Å². The van der Waals surface area contributed by atoms with Gasteiger partial charge in [-0.3, -0.25) is 9.05 Å². The molecule has 0 aliphatic carbocycles. The molecule has 1 unspecified atom stereocenters. The number of unbranched alkanes of at least 4 members (excludes halogenated alkanes) is 15. The minimum atomic E-state index is -4.72. The van der Waals surface area contributed by atoms with Gasteiger partial charge in [0.25, 0.3) is 0 Å². The molecule has 1 aliphatic heterocycles. The van der Waals surface area contributed by atoms with Crippen LogP contribution in [0.25, 0.3) is 5.52 Å². The van der Waals surface area contributed by atoms with Crippen molar-refractivity contribution >= 4 is 19.2 Å². The second-order valence-electron chi connectivity index (χ2n) is 14.6. The van der Waals surface area contributed by atoms with Gasteiger partial charge < -0.3 is 29.9 Å². The lowest BCUT2D eigenvalue weighted by atomic mass is 10.0. The molecule has 1 fully saturated rings. The van der Waals surface area contributed by atoms with Crippen LogP contribution in [0.3, 0.4) is 0 Å². The van der Waals surface area contributed by atoms with Crippen molar-refractivity contribution in [1.29, 1.82) is 10.5 Å². The molecule has 15 nitrogen and oxygen atoms in total. The lowest BCUT2D eigenvalue weighted by Crippen LogP contribution is -2.32. The van der Waals surface area contributed by atoms with Gasteiger partial charge in [-0.1, -0.05) is 109 Å². The number of nitriles is 2. The fourth-order valence-corrected chi connectivity index (χ4v) is 7.56. The summed E-state index contributed by atoms with van der Waals surface area (Å²) < 4.78 is 42.9. The number of ether oxygens (including phenoxy) is 3. The summed E-state index contributed by atoms with van der Waals surface area (Å²) >= 11 is 0. The van der Waals surface area contributed by atoms with Crippen molar-refractivity contribution in [2.45, 2.75) is 147 Å². The molecule has 16 heteroatoms. The molecule has 0 bridgehead atoms. The molecule has 4 N–H and O–H groups in total. The van der Waals surface area contributed by atoms with Gasteiger partial charge in [-0.2, -0.15) is 15.6 Å². The number of phosphoric ester groups is 1. The molecule has 4 rings (SSSR count). The fourth-order valence-electron chi connectivity index (χ4n) is 6.76.